The fourth-order valence-corrected chi connectivity index (χ4v) is 34.7. The molecule has 3 heterocycles. The van der Waals surface area contributed by atoms with Crippen molar-refractivity contribution in [2.75, 3.05) is 0 Å². The van der Waals surface area contributed by atoms with Gasteiger partial charge in [0.2, 0.25) is 0 Å². The summed E-state index contributed by atoms with van der Waals surface area (Å²) in [4.78, 5) is 0. The summed E-state index contributed by atoms with van der Waals surface area (Å²) >= 11 is -5.54. The van der Waals surface area contributed by atoms with Crippen molar-refractivity contribution in [1.82, 2.24) is 0 Å². The quantitative estimate of drug-likeness (QED) is 0.515. The molecule has 0 aromatic rings. The zero-order valence-electron chi connectivity index (χ0n) is 7.66. The van der Waals surface area contributed by atoms with Gasteiger partial charge in [-0.3, -0.25) is 0 Å². The summed E-state index contributed by atoms with van der Waals surface area (Å²) in [5.74, 6) is 0. The third kappa shape index (κ3) is 2.66. The van der Waals surface area contributed by atoms with E-state index >= 15 is 0 Å². The summed E-state index contributed by atoms with van der Waals surface area (Å²) in [6.07, 6.45) is 2.59. The summed E-state index contributed by atoms with van der Waals surface area (Å²) in [6, 6.07) is 0. The summed E-state index contributed by atoms with van der Waals surface area (Å²) in [7, 11) is 0. The van der Waals surface area contributed by atoms with Gasteiger partial charge >= 0.3 is 106 Å². The molecule has 4 bridgehead atoms. The Balaban J connectivity index is 1.72. The topological polar surface area (TPSA) is 36.9 Å². The zero-order valence-corrected chi connectivity index (χ0v) is 15.2. The van der Waals surface area contributed by atoms with Crippen LogP contribution in [0.1, 0.15) is 12.8 Å². The minimum absolute atomic E-state index is 1.20. The molecule has 0 aromatic heterocycles. The molecular weight excluding hydrogens is 436 g/mol. The number of hydrogen-bond acceptors (Lipinski definition) is 4. The molecule has 0 aliphatic carbocycles. The molecule has 8 heteroatoms. The van der Waals surface area contributed by atoms with Gasteiger partial charge in [-0.2, -0.15) is 0 Å². The molecule has 3 aliphatic rings. The molecule has 14 heavy (non-hydrogen) atoms. The zero-order chi connectivity index (χ0) is 9.38. The van der Waals surface area contributed by atoms with Crippen molar-refractivity contribution in [2.45, 2.75) is 33.7 Å². The van der Waals surface area contributed by atoms with Gasteiger partial charge in [0.1, 0.15) is 0 Å². The van der Waals surface area contributed by atoms with Crippen molar-refractivity contribution in [1.29, 1.82) is 0 Å². The van der Waals surface area contributed by atoms with Crippen LogP contribution >= 0.6 is 0 Å². The molecule has 0 N–H and O–H groups in total. The SMILES string of the molecule is C1C[As]2O[As](C1)O[As]1CCC[As](O1)O2. The van der Waals surface area contributed by atoms with Crippen molar-refractivity contribution in [3.05, 3.63) is 0 Å². The molecule has 80 valence electrons. The molecule has 0 spiro atoms. The van der Waals surface area contributed by atoms with Gasteiger partial charge in [0.15, 0.2) is 0 Å². The van der Waals surface area contributed by atoms with E-state index < -0.39 is 61.3 Å². The van der Waals surface area contributed by atoms with Crippen LogP contribution in [-0.4, -0.2) is 61.3 Å². The van der Waals surface area contributed by atoms with Crippen molar-refractivity contribution >= 4 is 61.3 Å². The average Bonchev–Trinajstić information content (AvgIpc) is 2.17. The summed E-state index contributed by atoms with van der Waals surface area (Å²) < 4.78 is 24.2. The third-order valence-electron chi connectivity index (χ3n) is 2.09. The monoisotopic (exact) mass is 448 g/mol. The van der Waals surface area contributed by atoms with Crippen molar-refractivity contribution in [3.63, 3.8) is 0 Å². The summed E-state index contributed by atoms with van der Waals surface area (Å²) in [6.45, 7) is 0. The van der Waals surface area contributed by atoms with Gasteiger partial charge in [-0.15, -0.1) is 0 Å². The summed E-state index contributed by atoms with van der Waals surface area (Å²) in [5.41, 5.74) is 0. The molecule has 0 unspecified atom stereocenters. The second kappa shape index (κ2) is 5.15. The van der Waals surface area contributed by atoms with Crippen LogP contribution in [0.4, 0.5) is 0 Å². The van der Waals surface area contributed by atoms with Crippen LogP contribution in [0.5, 0.6) is 0 Å². The van der Waals surface area contributed by atoms with Crippen LogP contribution in [0.2, 0.25) is 20.8 Å². The second-order valence-electron chi connectivity index (χ2n) is 3.26. The van der Waals surface area contributed by atoms with E-state index in [0.717, 1.165) is 0 Å². The molecule has 3 fully saturated rings. The van der Waals surface area contributed by atoms with Crippen LogP contribution < -0.4 is 0 Å². The summed E-state index contributed by atoms with van der Waals surface area (Å²) in [5, 5.41) is 4.79. The van der Waals surface area contributed by atoms with E-state index in [9.17, 15) is 0 Å². The van der Waals surface area contributed by atoms with Gasteiger partial charge < -0.3 is 0 Å². The van der Waals surface area contributed by atoms with Gasteiger partial charge in [0.25, 0.3) is 0 Å². The van der Waals surface area contributed by atoms with Crippen LogP contribution in [0, 0.1) is 0 Å². The van der Waals surface area contributed by atoms with Crippen molar-refractivity contribution in [2.24, 2.45) is 0 Å². The van der Waals surface area contributed by atoms with Gasteiger partial charge in [0, 0.05) is 0 Å². The predicted molar refractivity (Wildman–Crippen MR) is 55.8 cm³/mol. The molecule has 0 amide bonds. The van der Waals surface area contributed by atoms with Gasteiger partial charge in [-0.25, -0.2) is 0 Å². The fraction of sp³-hybridized carbons (Fsp3) is 1.00. The first-order valence-corrected chi connectivity index (χ1v) is 16.2. The van der Waals surface area contributed by atoms with E-state index in [1.807, 2.05) is 0 Å². The molecule has 0 radical (unpaired) electrons. The molecule has 0 atom stereocenters. The van der Waals surface area contributed by atoms with Crippen LogP contribution in [0.25, 0.3) is 0 Å². The van der Waals surface area contributed by atoms with Crippen molar-refractivity contribution in [3.8, 4) is 0 Å². The second-order valence-corrected chi connectivity index (χ2v) is 21.1. The predicted octanol–water partition coefficient (Wildman–Crippen LogP) is 0.827. The number of fused-ring (bicyclic) bond motifs is 4. The Morgan fingerprint density at radius 1 is 0.500 bits per heavy atom. The van der Waals surface area contributed by atoms with Crippen molar-refractivity contribution < 1.29 is 10.9 Å². The van der Waals surface area contributed by atoms with Crippen LogP contribution in [0.3, 0.4) is 0 Å². The van der Waals surface area contributed by atoms with E-state index in [-0.39, 0.29) is 0 Å². The van der Waals surface area contributed by atoms with Gasteiger partial charge in [0.05, 0.1) is 0 Å². The third-order valence-corrected chi connectivity index (χ3v) is 26.8. The maximum atomic E-state index is 6.07. The minimum atomic E-state index is -1.38. The van der Waals surface area contributed by atoms with E-state index in [1.54, 1.807) is 0 Å². The van der Waals surface area contributed by atoms with Gasteiger partial charge in [-0.05, 0) is 0 Å². The Hall–Kier alpha value is 2.07. The molecule has 4 nitrogen and oxygen atoms in total. The van der Waals surface area contributed by atoms with E-state index in [1.165, 1.54) is 33.7 Å². The Labute approximate surface area is 105 Å². The average molecular weight is 448 g/mol. The van der Waals surface area contributed by atoms with E-state index in [2.05, 4.69) is 0 Å². The first-order valence-electron chi connectivity index (χ1n) is 4.73. The first kappa shape index (κ1) is 11.2. The Morgan fingerprint density at radius 3 is 1.07 bits per heavy atom. The normalized spacial score (nSPS) is 48.0. The number of hydrogen-bond donors (Lipinski definition) is 0. The number of rotatable bonds is 0. The molecule has 3 saturated heterocycles. The Kier molecular flexibility index (Phi) is 4.11. The standard InChI is InChI=1S/C6H12As4O4/c1-3-7-11-8(4-1)14-10-6-2-5-9(12-10)13-7/h1-6H2. The van der Waals surface area contributed by atoms with E-state index in [4.69, 9.17) is 10.9 Å². The fourth-order valence-electron chi connectivity index (χ4n) is 1.45. The molecule has 3 aliphatic heterocycles. The Bertz CT molecular complexity index is 180. The molecule has 0 saturated carbocycles. The van der Waals surface area contributed by atoms with Crippen LogP contribution in [-0.2, 0) is 10.9 Å². The molecule has 3 rings (SSSR count). The van der Waals surface area contributed by atoms with E-state index in [0.29, 0.717) is 0 Å². The first-order chi connectivity index (χ1) is 6.90. The van der Waals surface area contributed by atoms with Crippen LogP contribution in [0.15, 0.2) is 0 Å². The molecule has 0 aromatic carbocycles. The maximum absolute atomic E-state index is 6.07. The Morgan fingerprint density at radius 2 is 0.786 bits per heavy atom. The van der Waals surface area contributed by atoms with Gasteiger partial charge in [-0.1, -0.05) is 0 Å². The molecular formula is C6H12As4O4.